The lowest BCUT2D eigenvalue weighted by molar-refractivity contribution is 0.0730. The van der Waals surface area contributed by atoms with Crippen molar-refractivity contribution in [1.29, 1.82) is 0 Å². The van der Waals surface area contributed by atoms with Crippen LogP contribution in [0.1, 0.15) is 11.3 Å². The summed E-state index contributed by atoms with van der Waals surface area (Å²) in [6, 6.07) is 12.1. The quantitative estimate of drug-likeness (QED) is 0.555. The lowest BCUT2D eigenvalue weighted by atomic mass is 10.2. The number of hydrogen-bond acceptors (Lipinski definition) is 5. The molecule has 1 fully saturated rings. The van der Waals surface area contributed by atoms with Gasteiger partial charge in [0.05, 0.1) is 28.2 Å². The van der Waals surface area contributed by atoms with Crippen molar-refractivity contribution in [2.24, 2.45) is 0 Å². The molecule has 9 heteroatoms. The Morgan fingerprint density at radius 1 is 1.10 bits per heavy atom. The van der Waals surface area contributed by atoms with Crippen molar-refractivity contribution in [1.82, 2.24) is 9.29 Å². The number of aromatic nitrogens is 1. The standard InChI is InChI=1S/C21H20Cl2N2O4S/c1-14-5-6-17-18(22)12-19(23)21(20(17)24-14)29-13-15-3-2-4-16(11-15)30(26,27)25-7-9-28-10-8-25/h2-6,11-12H,7-10,13H2,1H3. The van der Waals surface area contributed by atoms with Crippen LogP contribution in [0.3, 0.4) is 0 Å². The largest absolute Gasteiger partial charge is 0.485 e. The van der Waals surface area contributed by atoms with Crippen LogP contribution in [-0.4, -0.2) is 44.0 Å². The molecule has 1 saturated heterocycles. The molecule has 0 bridgehead atoms. The van der Waals surface area contributed by atoms with E-state index in [2.05, 4.69) is 4.98 Å². The first-order valence-electron chi connectivity index (χ1n) is 9.41. The second kappa shape index (κ2) is 8.69. The summed E-state index contributed by atoms with van der Waals surface area (Å²) in [5, 5.41) is 1.58. The van der Waals surface area contributed by atoms with E-state index in [0.717, 1.165) is 11.1 Å². The highest BCUT2D eigenvalue weighted by Gasteiger charge is 2.26. The predicted molar refractivity (Wildman–Crippen MR) is 117 cm³/mol. The summed E-state index contributed by atoms with van der Waals surface area (Å²) in [5.74, 6) is 0.418. The van der Waals surface area contributed by atoms with Crippen LogP contribution in [0.5, 0.6) is 5.75 Å². The van der Waals surface area contributed by atoms with Crippen LogP contribution in [0.25, 0.3) is 10.9 Å². The molecule has 158 valence electrons. The number of hydrogen-bond donors (Lipinski definition) is 0. The molecule has 0 N–H and O–H groups in total. The van der Waals surface area contributed by atoms with Crippen LogP contribution in [0.2, 0.25) is 10.0 Å². The number of fused-ring (bicyclic) bond motifs is 1. The monoisotopic (exact) mass is 466 g/mol. The van der Waals surface area contributed by atoms with E-state index in [1.807, 2.05) is 25.1 Å². The number of sulfonamides is 1. The smallest absolute Gasteiger partial charge is 0.243 e. The first-order valence-corrected chi connectivity index (χ1v) is 11.6. The molecule has 0 aliphatic carbocycles. The van der Waals surface area contributed by atoms with E-state index < -0.39 is 10.0 Å². The minimum absolute atomic E-state index is 0.137. The summed E-state index contributed by atoms with van der Waals surface area (Å²) >= 11 is 12.7. The second-order valence-corrected chi connectivity index (χ2v) is 9.72. The molecule has 1 aliphatic rings. The van der Waals surface area contributed by atoms with Gasteiger partial charge in [-0.3, -0.25) is 0 Å². The van der Waals surface area contributed by atoms with Gasteiger partial charge in [-0.05, 0) is 42.8 Å². The van der Waals surface area contributed by atoms with E-state index >= 15 is 0 Å². The molecule has 0 unspecified atom stereocenters. The van der Waals surface area contributed by atoms with Crippen molar-refractivity contribution in [2.45, 2.75) is 18.4 Å². The molecule has 2 aromatic carbocycles. The number of morpholine rings is 1. The highest BCUT2D eigenvalue weighted by atomic mass is 35.5. The van der Waals surface area contributed by atoms with E-state index in [4.69, 9.17) is 32.7 Å². The number of benzene rings is 2. The molecule has 0 saturated carbocycles. The van der Waals surface area contributed by atoms with Gasteiger partial charge in [0.1, 0.15) is 12.1 Å². The van der Waals surface area contributed by atoms with Crippen molar-refractivity contribution < 1.29 is 17.9 Å². The summed E-state index contributed by atoms with van der Waals surface area (Å²) in [4.78, 5) is 4.75. The fourth-order valence-electron chi connectivity index (χ4n) is 3.31. The maximum Gasteiger partial charge on any atom is 0.243 e. The first kappa shape index (κ1) is 21.3. The molecule has 0 amide bonds. The average molecular weight is 467 g/mol. The number of pyridine rings is 1. The van der Waals surface area contributed by atoms with Gasteiger partial charge in [-0.2, -0.15) is 4.31 Å². The highest BCUT2D eigenvalue weighted by Crippen LogP contribution is 2.37. The molecule has 0 radical (unpaired) electrons. The Labute approximate surface area is 185 Å². The minimum atomic E-state index is -3.58. The zero-order valence-corrected chi connectivity index (χ0v) is 18.6. The number of aryl methyl sites for hydroxylation is 1. The molecule has 3 aromatic rings. The van der Waals surface area contributed by atoms with Crippen LogP contribution in [-0.2, 0) is 21.4 Å². The lowest BCUT2D eigenvalue weighted by Crippen LogP contribution is -2.40. The van der Waals surface area contributed by atoms with E-state index in [1.54, 1.807) is 24.3 Å². The summed E-state index contributed by atoms with van der Waals surface area (Å²) in [6.45, 7) is 3.50. The van der Waals surface area contributed by atoms with Gasteiger partial charge in [-0.15, -0.1) is 0 Å². The van der Waals surface area contributed by atoms with Crippen LogP contribution in [0.4, 0.5) is 0 Å². The minimum Gasteiger partial charge on any atom is -0.485 e. The number of nitrogens with zero attached hydrogens (tertiary/aromatic N) is 2. The van der Waals surface area contributed by atoms with E-state index in [-0.39, 0.29) is 11.5 Å². The van der Waals surface area contributed by atoms with Crippen molar-refractivity contribution in [3.63, 3.8) is 0 Å². The summed E-state index contributed by atoms with van der Waals surface area (Å²) in [5.41, 5.74) is 2.09. The van der Waals surface area contributed by atoms with Gasteiger partial charge in [0, 0.05) is 24.2 Å². The van der Waals surface area contributed by atoms with E-state index in [0.29, 0.717) is 53.2 Å². The summed E-state index contributed by atoms with van der Waals surface area (Å²) < 4.78 is 38.5. The van der Waals surface area contributed by atoms with Gasteiger partial charge in [0.15, 0.2) is 5.75 Å². The number of ether oxygens (including phenoxy) is 2. The Kier molecular flexibility index (Phi) is 6.18. The average Bonchev–Trinajstić information content (AvgIpc) is 2.74. The van der Waals surface area contributed by atoms with E-state index in [1.165, 1.54) is 4.31 Å². The van der Waals surface area contributed by atoms with Gasteiger partial charge in [-0.1, -0.05) is 35.3 Å². The molecule has 0 atom stereocenters. The predicted octanol–water partition coefficient (Wildman–Crippen LogP) is 4.45. The third-order valence-electron chi connectivity index (χ3n) is 4.87. The Morgan fingerprint density at radius 3 is 2.63 bits per heavy atom. The van der Waals surface area contributed by atoms with Crippen molar-refractivity contribution in [2.75, 3.05) is 26.3 Å². The highest BCUT2D eigenvalue weighted by molar-refractivity contribution is 7.89. The van der Waals surface area contributed by atoms with Crippen LogP contribution in [0, 0.1) is 6.92 Å². The maximum absolute atomic E-state index is 12.9. The Balaban J connectivity index is 1.61. The normalized spacial score (nSPS) is 15.4. The summed E-state index contributed by atoms with van der Waals surface area (Å²) in [6.07, 6.45) is 0. The third kappa shape index (κ3) is 4.26. The Hall–Kier alpha value is -1.90. The first-order chi connectivity index (χ1) is 14.4. The molecule has 1 aromatic heterocycles. The molecule has 1 aliphatic heterocycles. The fourth-order valence-corrected chi connectivity index (χ4v) is 5.36. The molecule has 30 heavy (non-hydrogen) atoms. The molecule has 2 heterocycles. The summed E-state index contributed by atoms with van der Waals surface area (Å²) in [7, 11) is -3.58. The molecule has 4 rings (SSSR count). The Bertz CT molecular complexity index is 1200. The van der Waals surface area contributed by atoms with Gasteiger partial charge >= 0.3 is 0 Å². The maximum atomic E-state index is 12.9. The van der Waals surface area contributed by atoms with Crippen molar-refractivity contribution in [3.05, 3.63) is 63.8 Å². The van der Waals surface area contributed by atoms with Gasteiger partial charge in [0.25, 0.3) is 0 Å². The zero-order chi connectivity index (χ0) is 21.3. The Morgan fingerprint density at radius 2 is 1.87 bits per heavy atom. The molecule has 6 nitrogen and oxygen atoms in total. The van der Waals surface area contributed by atoms with Crippen LogP contribution >= 0.6 is 23.2 Å². The van der Waals surface area contributed by atoms with Crippen molar-refractivity contribution in [3.8, 4) is 5.75 Å². The van der Waals surface area contributed by atoms with Crippen LogP contribution in [0.15, 0.2) is 47.4 Å². The third-order valence-corrected chi connectivity index (χ3v) is 7.35. The van der Waals surface area contributed by atoms with Crippen LogP contribution < -0.4 is 4.74 Å². The SMILES string of the molecule is Cc1ccc2c(Cl)cc(Cl)c(OCc3cccc(S(=O)(=O)N4CCOCC4)c3)c2n1. The van der Waals surface area contributed by atoms with Gasteiger partial charge in [0.2, 0.25) is 10.0 Å². The van der Waals surface area contributed by atoms with E-state index in [9.17, 15) is 8.42 Å². The zero-order valence-electron chi connectivity index (χ0n) is 16.3. The van der Waals surface area contributed by atoms with Gasteiger partial charge < -0.3 is 9.47 Å². The van der Waals surface area contributed by atoms with Gasteiger partial charge in [-0.25, -0.2) is 13.4 Å². The molecular formula is C21H20Cl2N2O4S. The van der Waals surface area contributed by atoms with Crippen molar-refractivity contribution >= 4 is 44.1 Å². The topological polar surface area (TPSA) is 68.7 Å². The molecular weight excluding hydrogens is 447 g/mol. The number of halogens is 2. The number of rotatable bonds is 5. The fraction of sp³-hybridized carbons (Fsp3) is 0.286. The second-order valence-electron chi connectivity index (χ2n) is 6.97. The lowest BCUT2D eigenvalue weighted by Gasteiger charge is -2.26. The molecule has 0 spiro atoms.